The van der Waals surface area contributed by atoms with E-state index in [1.165, 1.54) is 23.9 Å². The van der Waals surface area contributed by atoms with Crippen LogP contribution in [0, 0.1) is 5.82 Å². The Bertz CT molecular complexity index is 581. The molecule has 1 atom stereocenters. The molecular formula is C16H21BrFNO3S. The number of benzene rings is 1. The fraction of sp³-hybridized carbons (Fsp3) is 0.500. The highest BCUT2D eigenvalue weighted by Gasteiger charge is 2.22. The van der Waals surface area contributed by atoms with Crippen LogP contribution < -0.4 is 5.32 Å². The van der Waals surface area contributed by atoms with Crippen LogP contribution in [0.5, 0.6) is 0 Å². The number of hydrogen-bond acceptors (Lipinski definition) is 4. The first kappa shape index (κ1) is 20.0. The predicted octanol–water partition coefficient (Wildman–Crippen LogP) is 4.76. The number of carbonyl (C=O) groups excluding carboxylic acids is 2. The molecule has 1 unspecified atom stereocenters. The maximum Gasteiger partial charge on any atom is 0.319 e. The summed E-state index contributed by atoms with van der Waals surface area (Å²) in [5.41, 5.74) is 0.106. The molecule has 0 saturated heterocycles. The second-order valence-corrected chi connectivity index (χ2v) is 7.26. The van der Waals surface area contributed by atoms with E-state index in [4.69, 9.17) is 4.74 Å². The van der Waals surface area contributed by atoms with Crippen molar-refractivity contribution in [1.82, 2.24) is 0 Å². The fourth-order valence-electron chi connectivity index (χ4n) is 1.71. The van der Waals surface area contributed by atoms with Crippen molar-refractivity contribution in [2.45, 2.75) is 56.8 Å². The smallest absolute Gasteiger partial charge is 0.319 e. The fourth-order valence-corrected chi connectivity index (χ4v) is 3.29. The molecular weight excluding hydrogens is 385 g/mol. The zero-order chi connectivity index (χ0) is 17.6. The second-order valence-electron chi connectivity index (χ2n) is 5.16. The van der Waals surface area contributed by atoms with Crippen LogP contribution in [0.1, 0.15) is 40.5 Å². The molecule has 0 bridgehead atoms. The van der Waals surface area contributed by atoms with E-state index in [1.807, 2.05) is 6.92 Å². The lowest BCUT2D eigenvalue weighted by Crippen LogP contribution is -2.22. The molecule has 0 aliphatic rings. The van der Waals surface area contributed by atoms with Crippen LogP contribution in [0.15, 0.2) is 21.5 Å². The SMILES string of the molecule is CCC(=O)Nc1cc(SC(CC)C(=O)OC(C)C)c(Br)cc1F. The normalized spacial score (nSPS) is 12.1. The van der Waals surface area contributed by atoms with Crippen molar-refractivity contribution in [1.29, 1.82) is 0 Å². The topological polar surface area (TPSA) is 55.4 Å². The Hall–Kier alpha value is -1.08. The van der Waals surface area contributed by atoms with Crippen LogP contribution in [0.2, 0.25) is 0 Å². The number of nitrogens with one attached hydrogen (secondary N) is 1. The van der Waals surface area contributed by atoms with Gasteiger partial charge in [-0.25, -0.2) is 4.39 Å². The molecule has 1 rings (SSSR count). The summed E-state index contributed by atoms with van der Waals surface area (Å²) in [7, 11) is 0. The van der Waals surface area contributed by atoms with Gasteiger partial charge >= 0.3 is 5.97 Å². The van der Waals surface area contributed by atoms with Crippen molar-refractivity contribution in [3.63, 3.8) is 0 Å². The van der Waals surface area contributed by atoms with E-state index in [9.17, 15) is 14.0 Å². The molecule has 23 heavy (non-hydrogen) atoms. The molecule has 128 valence electrons. The molecule has 0 aliphatic heterocycles. The second kappa shape index (κ2) is 9.27. The first-order chi connectivity index (χ1) is 10.8. The van der Waals surface area contributed by atoms with Gasteiger partial charge in [0.05, 0.1) is 11.8 Å². The van der Waals surface area contributed by atoms with Crippen LogP contribution in [-0.4, -0.2) is 23.2 Å². The lowest BCUT2D eigenvalue weighted by atomic mass is 10.3. The van der Waals surface area contributed by atoms with Gasteiger partial charge < -0.3 is 10.1 Å². The van der Waals surface area contributed by atoms with Gasteiger partial charge in [0, 0.05) is 15.8 Å². The van der Waals surface area contributed by atoms with Gasteiger partial charge in [-0.3, -0.25) is 9.59 Å². The molecule has 0 radical (unpaired) electrons. The number of halogens is 2. The van der Waals surface area contributed by atoms with Gasteiger partial charge in [0.25, 0.3) is 0 Å². The average Bonchev–Trinajstić information content (AvgIpc) is 2.47. The lowest BCUT2D eigenvalue weighted by Gasteiger charge is -2.17. The molecule has 0 fully saturated rings. The van der Waals surface area contributed by atoms with Gasteiger partial charge in [0.2, 0.25) is 5.91 Å². The van der Waals surface area contributed by atoms with Gasteiger partial charge in [0.1, 0.15) is 11.1 Å². The van der Waals surface area contributed by atoms with E-state index in [0.29, 0.717) is 15.8 Å². The molecule has 1 amide bonds. The number of anilines is 1. The van der Waals surface area contributed by atoms with Gasteiger partial charge in [-0.05, 0) is 48.3 Å². The highest BCUT2D eigenvalue weighted by molar-refractivity contribution is 9.10. The van der Waals surface area contributed by atoms with Gasteiger partial charge in [-0.15, -0.1) is 11.8 Å². The van der Waals surface area contributed by atoms with Gasteiger partial charge in [-0.2, -0.15) is 0 Å². The Morgan fingerprint density at radius 3 is 2.52 bits per heavy atom. The molecule has 0 heterocycles. The number of ether oxygens (including phenoxy) is 1. The van der Waals surface area contributed by atoms with Crippen molar-refractivity contribution in [3.8, 4) is 0 Å². The molecule has 4 nitrogen and oxygen atoms in total. The minimum atomic E-state index is -0.527. The molecule has 1 N–H and O–H groups in total. The third-order valence-corrected chi connectivity index (χ3v) is 5.19. The maximum atomic E-state index is 13.9. The summed E-state index contributed by atoms with van der Waals surface area (Å²) in [6, 6.07) is 2.82. The molecule has 0 aromatic heterocycles. The van der Waals surface area contributed by atoms with E-state index in [0.717, 1.165) is 0 Å². The number of amides is 1. The van der Waals surface area contributed by atoms with E-state index >= 15 is 0 Å². The summed E-state index contributed by atoms with van der Waals surface area (Å²) in [5.74, 6) is -1.10. The van der Waals surface area contributed by atoms with E-state index in [-0.39, 0.29) is 30.1 Å². The van der Waals surface area contributed by atoms with Crippen molar-refractivity contribution in [3.05, 3.63) is 22.4 Å². The molecule has 1 aromatic carbocycles. The Balaban J connectivity index is 2.99. The first-order valence-electron chi connectivity index (χ1n) is 7.44. The summed E-state index contributed by atoms with van der Waals surface area (Å²) in [4.78, 5) is 24.2. The summed E-state index contributed by atoms with van der Waals surface area (Å²) in [5, 5.41) is 2.12. The van der Waals surface area contributed by atoms with Crippen molar-refractivity contribution >= 4 is 45.3 Å². The summed E-state index contributed by atoms with van der Waals surface area (Å²) in [6.07, 6.45) is 0.653. The maximum absolute atomic E-state index is 13.9. The molecule has 0 saturated carbocycles. The standard InChI is InChI=1S/C16H21BrFNO3S/c1-5-13(16(21)22-9(3)4)23-14-8-12(19-15(20)6-2)11(18)7-10(14)17/h7-9,13H,5-6H2,1-4H3,(H,19,20). The highest BCUT2D eigenvalue weighted by atomic mass is 79.9. The van der Waals surface area contributed by atoms with E-state index < -0.39 is 11.1 Å². The van der Waals surface area contributed by atoms with Crippen LogP contribution in [0.25, 0.3) is 0 Å². The van der Waals surface area contributed by atoms with E-state index in [1.54, 1.807) is 20.8 Å². The number of hydrogen-bond donors (Lipinski definition) is 1. The Kier molecular flexibility index (Phi) is 8.05. The van der Waals surface area contributed by atoms with E-state index in [2.05, 4.69) is 21.2 Å². The zero-order valence-electron chi connectivity index (χ0n) is 13.6. The monoisotopic (exact) mass is 405 g/mol. The van der Waals surface area contributed by atoms with Crippen LogP contribution in [0.4, 0.5) is 10.1 Å². The van der Waals surface area contributed by atoms with Gasteiger partial charge in [-0.1, -0.05) is 13.8 Å². The Morgan fingerprint density at radius 1 is 1.35 bits per heavy atom. The molecule has 0 aliphatic carbocycles. The molecule has 7 heteroatoms. The molecule has 0 spiro atoms. The van der Waals surface area contributed by atoms with Crippen LogP contribution in [-0.2, 0) is 14.3 Å². The van der Waals surface area contributed by atoms with Crippen molar-refractivity contribution < 1.29 is 18.7 Å². The average molecular weight is 406 g/mol. The first-order valence-corrected chi connectivity index (χ1v) is 9.11. The van der Waals surface area contributed by atoms with Crippen LogP contribution in [0.3, 0.4) is 0 Å². The van der Waals surface area contributed by atoms with Gasteiger partial charge in [0.15, 0.2) is 0 Å². The lowest BCUT2D eigenvalue weighted by molar-refractivity contribution is -0.146. The largest absolute Gasteiger partial charge is 0.462 e. The Labute approximate surface area is 148 Å². The third-order valence-electron chi connectivity index (χ3n) is 2.87. The number of rotatable bonds is 7. The number of thioether (sulfide) groups is 1. The highest BCUT2D eigenvalue weighted by Crippen LogP contribution is 2.36. The van der Waals surface area contributed by atoms with Crippen molar-refractivity contribution in [2.75, 3.05) is 5.32 Å². The third kappa shape index (κ3) is 6.14. The minimum Gasteiger partial charge on any atom is -0.462 e. The summed E-state index contributed by atoms with van der Waals surface area (Å²) < 4.78 is 19.7. The number of carbonyl (C=O) groups is 2. The summed E-state index contributed by atoms with van der Waals surface area (Å²) in [6.45, 7) is 7.16. The predicted molar refractivity (Wildman–Crippen MR) is 94.2 cm³/mol. The quantitative estimate of drug-likeness (QED) is 0.524. The van der Waals surface area contributed by atoms with Crippen molar-refractivity contribution in [2.24, 2.45) is 0 Å². The Morgan fingerprint density at radius 2 is 2.00 bits per heavy atom. The number of esters is 1. The van der Waals surface area contributed by atoms with Crippen LogP contribution >= 0.6 is 27.7 Å². The molecule has 1 aromatic rings. The zero-order valence-corrected chi connectivity index (χ0v) is 16.0. The minimum absolute atomic E-state index is 0.106. The summed E-state index contributed by atoms with van der Waals surface area (Å²) >= 11 is 4.58.